The third kappa shape index (κ3) is 4.01. The summed E-state index contributed by atoms with van der Waals surface area (Å²) >= 11 is 7.88. The largest absolute Gasteiger partial charge is 0.506 e. The Morgan fingerprint density at radius 3 is 2.45 bits per heavy atom. The second-order valence-corrected chi connectivity index (χ2v) is 6.57. The van der Waals surface area contributed by atoms with Crippen molar-refractivity contribution in [1.82, 2.24) is 0 Å². The number of aromatic hydroxyl groups is 1. The second-order valence-electron chi connectivity index (χ2n) is 4.97. The molecule has 1 N–H and O–H groups in total. The summed E-state index contributed by atoms with van der Waals surface area (Å²) in [5.41, 5.74) is 2.21. The van der Waals surface area contributed by atoms with Crippen molar-refractivity contribution in [2.45, 2.75) is 0 Å². The van der Waals surface area contributed by atoms with E-state index in [2.05, 4.69) is 0 Å². The molecule has 0 spiro atoms. The number of rotatable bonds is 4. The fourth-order valence-electron chi connectivity index (χ4n) is 1.90. The molecule has 0 unspecified atom stereocenters. The van der Waals surface area contributed by atoms with Gasteiger partial charge in [0.05, 0.1) is 9.13 Å². The van der Waals surface area contributed by atoms with E-state index in [1.54, 1.807) is 12.1 Å². The van der Waals surface area contributed by atoms with Crippen LogP contribution in [0.5, 0.6) is 5.75 Å². The lowest BCUT2D eigenvalue weighted by atomic mass is 10.1. The first-order valence-electron chi connectivity index (χ1n) is 6.56. The van der Waals surface area contributed by atoms with E-state index >= 15 is 0 Å². The number of carbonyl (C=O) groups excluding carboxylic acids is 1. The molecule has 5 heteroatoms. The van der Waals surface area contributed by atoms with Crippen LogP contribution in [-0.4, -0.2) is 25.0 Å². The van der Waals surface area contributed by atoms with Crippen LogP contribution in [0.3, 0.4) is 0 Å². The molecule has 0 aromatic heterocycles. The van der Waals surface area contributed by atoms with Crippen LogP contribution in [0.15, 0.2) is 42.5 Å². The van der Waals surface area contributed by atoms with Crippen LogP contribution in [0.1, 0.15) is 15.9 Å². The first-order valence-corrected chi connectivity index (χ1v) is 8.02. The standard InChI is InChI=1S/C17H15ClINO2/c1-20(2)13-6-3-11(4-7-13)5-8-16(21)14-9-12(18)10-15(19)17(14)22/h3-10,22H,1-2H3/b8-5+. The lowest BCUT2D eigenvalue weighted by Crippen LogP contribution is -2.07. The summed E-state index contributed by atoms with van der Waals surface area (Å²) in [7, 11) is 3.94. The molecule has 0 aliphatic carbocycles. The van der Waals surface area contributed by atoms with Gasteiger partial charge in [-0.15, -0.1) is 0 Å². The minimum atomic E-state index is -0.283. The van der Waals surface area contributed by atoms with Crippen LogP contribution in [0, 0.1) is 3.57 Å². The van der Waals surface area contributed by atoms with Crippen LogP contribution < -0.4 is 4.90 Å². The molecule has 0 fully saturated rings. The molecule has 0 amide bonds. The van der Waals surface area contributed by atoms with Gasteiger partial charge in [-0.2, -0.15) is 0 Å². The van der Waals surface area contributed by atoms with Gasteiger partial charge >= 0.3 is 0 Å². The number of nitrogens with zero attached hydrogens (tertiary/aromatic N) is 1. The predicted molar refractivity (Wildman–Crippen MR) is 100.0 cm³/mol. The molecule has 2 aromatic carbocycles. The first-order chi connectivity index (χ1) is 10.4. The maximum absolute atomic E-state index is 12.2. The van der Waals surface area contributed by atoms with Crippen LogP contribution >= 0.6 is 34.2 Å². The van der Waals surface area contributed by atoms with Crippen molar-refractivity contribution in [1.29, 1.82) is 0 Å². The summed E-state index contributed by atoms with van der Waals surface area (Å²) in [5, 5.41) is 10.4. The number of hydrogen-bond donors (Lipinski definition) is 1. The molecular weight excluding hydrogens is 413 g/mol. The normalized spacial score (nSPS) is 10.9. The smallest absolute Gasteiger partial charge is 0.189 e. The van der Waals surface area contributed by atoms with E-state index < -0.39 is 0 Å². The van der Waals surface area contributed by atoms with Gasteiger partial charge in [-0.3, -0.25) is 4.79 Å². The average molecular weight is 428 g/mol. The first kappa shape index (κ1) is 16.8. The Balaban J connectivity index is 2.21. The third-order valence-corrected chi connectivity index (χ3v) is 4.17. The van der Waals surface area contributed by atoms with E-state index in [1.807, 2.05) is 65.9 Å². The zero-order chi connectivity index (χ0) is 16.3. The highest BCUT2D eigenvalue weighted by atomic mass is 127. The highest BCUT2D eigenvalue weighted by Gasteiger charge is 2.12. The van der Waals surface area contributed by atoms with Crippen molar-refractivity contribution in [2.75, 3.05) is 19.0 Å². The molecule has 0 aliphatic rings. The van der Waals surface area contributed by atoms with Gasteiger partial charge in [0.25, 0.3) is 0 Å². The average Bonchev–Trinajstić information content (AvgIpc) is 2.48. The summed E-state index contributed by atoms with van der Waals surface area (Å²) < 4.78 is 0.553. The van der Waals surface area contributed by atoms with Crippen LogP contribution in [0.4, 0.5) is 5.69 Å². The Bertz CT molecular complexity index is 724. The summed E-state index contributed by atoms with van der Waals surface area (Å²) in [6.07, 6.45) is 3.15. The predicted octanol–water partition coefficient (Wildman–Crippen LogP) is 4.61. The fourth-order valence-corrected chi connectivity index (χ4v) is 2.93. The number of anilines is 1. The van der Waals surface area contributed by atoms with E-state index in [4.69, 9.17) is 11.6 Å². The van der Waals surface area contributed by atoms with E-state index in [-0.39, 0.29) is 17.1 Å². The SMILES string of the molecule is CN(C)c1ccc(/C=C/C(=O)c2cc(Cl)cc(I)c2O)cc1. The fraction of sp³-hybridized carbons (Fsp3) is 0.118. The maximum Gasteiger partial charge on any atom is 0.189 e. The monoisotopic (exact) mass is 427 g/mol. The highest BCUT2D eigenvalue weighted by molar-refractivity contribution is 14.1. The van der Waals surface area contributed by atoms with Gasteiger partial charge in [0, 0.05) is 24.8 Å². The Kier molecular flexibility index (Phi) is 5.47. The molecule has 0 saturated carbocycles. The number of phenolic OH excluding ortho intramolecular Hbond substituents is 1. The van der Waals surface area contributed by atoms with Crippen LogP contribution in [-0.2, 0) is 0 Å². The van der Waals surface area contributed by atoms with Crippen LogP contribution in [0.25, 0.3) is 6.08 Å². The molecule has 2 rings (SSSR count). The quantitative estimate of drug-likeness (QED) is 0.440. The van der Waals surface area contributed by atoms with Gasteiger partial charge in [-0.1, -0.05) is 29.8 Å². The number of hydrogen-bond acceptors (Lipinski definition) is 3. The Hall–Kier alpha value is -1.53. The molecule has 0 heterocycles. The topological polar surface area (TPSA) is 40.5 Å². The maximum atomic E-state index is 12.2. The second kappa shape index (κ2) is 7.15. The van der Waals surface area contributed by atoms with Gasteiger partial charge < -0.3 is 10.0 Å². The van der Waals surface area contributed by atoms with E-state index in [0.717, 1.165) is 11.3 Å². The summed E-state index contributed by atoms with van der Waals surface area (Å²) in [6, 6.07) is 10.9. The van der Waals surface area contributed by atoms with Gasteiger partial charge in [-0.05, 0) is 58.5 Å². The zero-order valence-electron chi connectivity index (χ0n) is 12.2. The zero-order valence-corrected chi connectivity index (χ0v) is 15.1. The highest BCUT2D eigenvalue weighted by Crippen LogP contribution is 2.29. The minimum absolute atomic E-state index is 0.0393. The molecular formula is C17H15ClINO2. The van der Waals surface area contributed by atoms with E-state index in [9.17, 15) is 9.90 Å². The Morgan fingerprint density at radius 1 is 1.23 bits per heavy atom. The van der Waals surface area contributed by atoms with Gasteiger partial charge in [0.2, 0.25) is 0 Å². The molecule has 0 radical (unpaired) electrons. The molecule has 0 saturated heterocycles. The van der Waals surface area contributed by atoms with Crippen molar-refractivity contribution < 1.29 is 9.90 Å². The number of carbonyl (C=O) groups is 1. The van der Waals surface area contributed by atoms with Crippen molar-refractivity contribution in [2.24, 2.45) is 0 Å². The summed E-state index contributed by atoms with van der Waals surface area (Å²) in [4.78, 5) is 14.2. The summed E-state index contributed by atoms with van der Waals surface area (Å²) in [5.74, 6) is -0.322. The van der Waals surface area contributed by atoms with Crippen LogP contribution in [0.2, 0.25) is 5.02 Å². The number of allylic oxidation sites excluding steroid dienone is 1. The van der Waals surface area contributed by atoms with Crippen molar-refractivity contribution in [3.8, 4) is 5.75 Å². The van der Waals surface area contributed by atoms with Crippen molar-refractivity contribution >= 4 is 51.7 Å². The minimum Gasteiger partial charge on any atom is -0.506 e. The number of ketones is 1. The number of benzene rings is 2. The molecule has 22 heavy (non-hydrogen) atoms. The number of halogens is 2. The van der Waals surface area contributed by atoms with Gasteiger partial charge in [0.1, 0.15) is 5.75 Å². The number of phenols is 1. The lowest BCUT2D eigenvalue weighted by molar-refractivity contribution is 0.104. The molecule has 3 nitrogen and oxygen atoms in total. The van der Waals surface area contributed by atoms with E-state index in [1.165, 1.54) is 12.1 Å². The van der Waals surface area contributed by atoms with Gasteiger partial charge in [-0.25, -0.2) is 0 Å². The van der Waals surface area contributed by atoms with Crippen molar-refractivity contribution in [3.63, 3.8) is 0 Å². The molecule has 0 atom stereocenters. The Morgan fingerprint density at radius 2 is 1.86 bits per heavy atom. The molecule has 114 valence electrons. The van der Waals surface area contributed by atoms with Crippen molar-refractivity contribution in [3.05, 3.63) is 62.2 Å². The van der Waals surface area contributed by atoms with E-state index in [0.29, 0.717) is 8.59 Å². The Labute approximate surface area is 148 Å². The lowest BCUT2D eigenvalue weighted by Gasteiger charge is -2.11. The summed E-state index contributed by atoms with van der Waals surface area (Å²) in [6.45, 7) is 0. The molecule has 0 aliphatic heterocycles. The van der Waals surface area contributed by atoms with Gasteiger partial charge in [0.15, 0.2) is 5.78 Å². The molecule has 2 aromatic rings. The third-order valence-electron chi connectivity index (χ3n) is 3.13. The molecule has 0 bridgehead atoms.